The summed E-state index contributed by atoms with van der Waals surface area (Å²) in [5.41, 5.74) is 7.43. The van der Waals surface area contributed by atoms with Gasteiger partial charge in [-0.05, 0) is 31.5 Å². The van der Waals surface area contributed by atoms with E-state index in [1.807, 2.05) is 62.4 Å². The normalized spacial score (nSPS) is 10.6. The van der Waals surface area contributed by atoms with Gasteiger partial charge >= 0.3 is 0 Å². The van der Waals surface area contributed by atoms with E-state index in [-0.39, 0.29) is 5.69 Å². The van der Waals surface area contributed by atoms with Crippen LogP contribution in [0.2, 0.25) is 0 Å². The van der Waals surface area contributed by atoms with Crippen LogP contribution in [0.1, 0.15) is 21.6 Å². The number of aryl methyl sites for hydroxylation is 2. The van der Waals surface area contributed by atoms with E-state index < -0.39 is 5.91 Å². The van der Waals surface area contributed by atoms with Crippen molar-refractivity contribution >= 4 is 5.91 Å². The van der Waals surface area contributed by atoms with Gasteiger partial charge in [-0.15, -0.1) is 0 Å². The van der Waals surface area contributed by atoms with Crippen LogP contribution in [-0.2, 0) is 0 Å². The summed E-state index contributed by atoms with van der Waals surface area (Å²) < 4.78 is 1.78. The molecule has 0 aliphatic carbocycles. The molecule has 0 atom stereocenters. The molecule has 0 bridgehead atoms. The van der Waals surface area contributed by atoms with Gasteiger partial charge in [0.1, 0.15) is 0 Å². The van der Waals surface area contributed by atoms with E-state index in [0.717, 1.165) is 22.5 Å². The predicted molar refractivity (Wildman–Crippen MR) is 90.1 cm³/mol. The number of aromatic nitrogens is 2. The molecule has 1 aromatic heterocycles. The minimum Gasteiger partial charge on any atom is -0.289 e. The smallest absolute Gasteiger partial charge is 0.285 e. The van der Waals surface area contributed by atoms with Gasteiger partial charge in [0.15, 0.2) is 5.69 Å². The van der Waals surface area contributed by atoms with Crippen molar-refractivity contribution in [2.24, 2.45) is 5.84 Å². The topological polar surface area (TPSA) is 72.9 Å². The van der Waals surface area contributed by atoms with Crippen LogP contribution in [0.3, 0.4) is 0 Å². The summed E-state index contributed by atoms with van der Waals surface area (Å²) in [6, 6.07) is 17.8. The third-order valence-corrected chi connectivity index (χ3v) is 3.76. The molecule has 23 heavy (non-hydrogen) atoms. The van der Waals surface area contributed by atoms with Crippen LogP contribution in [0.5, 0.6) is 0 Å². The van der Waals surface area contributed by atoms with Gasteiger partial charge in [0.05, 0.1) is 11.4 Å². The van der Waals surface area contributed by atoms with Crippen molar-refractivity contribution < 1.29 is 4.79 Å². The van der Waals surface area contributed by atoms with Gasteiger partial charge in [0.2, 0.25) is 0 Å². The van der Waals surface area contributed by atoms with Crippen molar-refractivity contribution in [3.05, 3.63) is 71.4 Å². The first-order chi connectivity index (χ1) is 11.1. The highest BCUT2D eigenvalue weighted by molar-refractivity contribution is 5.93. The number of amides is 1. The molecule has 3 aromatic rings. The molecular formula is C18H18N4O. The molecule has 3 rings (SSSR count). The molecule has 0 spiro atoms. The molecule has 5 nitrogen and oxygen atoms in total. The van der Waals surface area contributed by atoms with Gasteiger partial charge in [-0.1, -0.05) is 48.0 Å². The van der Waals surface area contributed by atoms with E-state index in [4.69, 9.17) is 5.84 Å². The summed E-state index contributed by atoms with van der Waals surface area (Å²) >= 11 is 0. The Morgan fingerprint density at radius 2 is 1.78 bits per heavy atom. The molecule has 0 fully saturated rings. The Bertz CT molecular complexity index is 850. The number of benzene rings is 2. The maximum Gasteiger partial charge on any atom is 0.285 e. The Morgan fingerprint density at radius 1 is 1.09 bits per heavy atom. The molecule has 0 aliphatic heterocycles. The summed E-state index contributed by atoms with van der Waals surface area (Å²) in [5, 5.41) is 4.44. The zero-order valence-electron chi connectivity index (χ0n) is 13.1. The van der Waals surface area contributed by atoms with Gasteiger partial charge < -0.3 is 0 Å². The number of carbonyl (C=O) groups is 1. The van der Waals surface area contributed by atoms with Crippen molar-refractivity contribution in [1.29, 1.82) is 0 Å². The summed E-state index contributed by atoms with van der Waals surface area (Å²) in [5.74, 6) is 4.83. The Kier molecular flexibility index (Phi) is 3.95. The van der Waals surface area contributed by atoms with E-state index in [1.165, 1.54) is 5.56 Å². The number of hydrogen-bond donors (Lipinski definition) is 2. The van der Waals surface area contributed by atoms with Gasteiger partial charge in [0.25, 0.3) is 5.91 Å². The highest BCUT2D eigenvalue weighted by atomic mass is 16.2. The van der Waals surface area contributed by atoms with Crippen LogP contribution in [0.4, 0.5) is 0 Å². The van der Waals surface area contributed by atoms with Crippen LogP contribution < -0.4 is 11.3 Å². The first-order valence-electron chi connectivity index (χ1n) is 7.34. The quantitative estimate of drug-likeness (QED) is 0.444. The first kappa shape index (κ1) is 15.0. The van der Waals surface area contributed by atoms with Gasteiger partial charge in [0, 0.05) is 5.56 Å². The fraction of sp³-hybridized carbons (Fsp3) is 0.111. The largest absolute Gasteiger partial charge is 0.289 e. The predicted octanol–water partition coefficient (Wildman–Crippen LogP) is 2.76. The molecule has 0 unspecified atom stereocenters. The molecule has 116 valence electrons. The van der Waals surface area contributed by atoms with Crippen LogP contribution in [0.25, 0.3) is 16.9 Å². The molecular weight excluding hydrogens is 288 g/mol. The maximum absolute atomic E-state index is 11.9. The van der Waals surface area contributed by atoms with Crippen molar-refractivity contribution in [3.8, 4) is 16.9 Å². The van der Waals surface area contributed by atoms with E-state index in [0.29, 0.717) is 0 Å². The fourth-order valence-electron chi connectivity index (χ4n) is 2.48. The number of para-hydroxylation sites is 1. The lowest BCUT2D eigenvalue weighted by Crippen LogP contribution is -2.30. The lowest BCUT2D eigenvalue weighted by Gasteiger charge is -2.10. The van der Waals surface area contributed by atoms with Crippen LogP contribution in [0.15, 0.2) is 54.6 Å². The summed E-state index contributed by atoms with van der Waals surface area (Å²) in [6.07, 6.45) is 0. The number of nitrogen functional groups attached to an aromatic ring is 1. The number of carbonyl (C=O) groups excluding carboxylic acids is 1. The zero-order chi connectivity index (χ0) is 16.4. The lowest BCUT2D eigenvalue weighted by molar-refractivity contribution is 0.0948. The zero-order valence-corrected chi connectivity index (χ0v) is 13.1. The van der Waals surface area contributed by atoms with Crippen molar-refractivity contribution in [2.45, 2.75) is 13.8 Å². The Hall–Kier alpha value is -2.92. The summed E-state index contributed by atoms with van der Waals surface area (Å²) in [4.78, 5) is 11.9. The summed E-state index contributed by atoms with van der Waals surface area (Å²) in [6.45, 7) is 4.05. The SMILES string of the molecule is Cc1ccc(-c2cc(C(=O)NN)nn2-c2ccccc2C)cc1. The van der Waals surface area contributed by atoms with E-state index in [1.54, 1.807) is 10.7 Å². The monoisotopic (exact) mass is 306 g/mol. The minimum atomic E-state index is -0.411. The Morgan fingerprint density at radius 3 is 2.43 bits per heavy atom. The molecule has 2 aromatic carbocycles. The third kappa shape index (κ3) is 2.86. The third-order valence-electron chi connectivity index (χ3n) is 3.76. The summed E-state index contributed by atoms with van der Waals surface area (Å²) in [7, 11) is 0. The number of nitrogens with one attached hydrogen (secondary N) is 1. The van der Waals surface area contributed by atoms with Crippen LogP contribution in [0, 0.1) is 13.8 Å². The molecule has 5 heteroatoms. The van der Waals surface area contributed by atoms with Crippen LogP contribution >= 0.6 is 0 Å². The second-order valence-corrected chi connectivity index (χ2v) is 5.45. The van der Waals surface area contributed by atoms with Gasteiger partial charge in [-0.25, -0.2) is 10.5 Å². The molecule has 0 saturated heterocycles. The highest BCUT2D eigenvalue weighted by Crippen LogP contribution is 2.26. The average molecular weight is 306 g/mol. The average Bonchev–Trinajstić information content (AvgIpc) is 3.00. The fourth-order valence-corrected chi connectivity index (χ4v) is 2.48. The molecule has 1 heterocycles. The highest BCUT2D eigenvalue weighted by Gasteiger charge is 2.16. The van der Waals surface area contributed by atoms with E-state index >= 15 is 0 Å². The first-order valence-corrected chi connectivity index (χ1v) is 7.34. The number of hydrazine groups is 1. The van der Waals surface area contributed by atoms with Crippen molar-refractivity contribution in [2.75, 3.05) is 0 Å². The van der Waals surface area contributed by atoms with E-state index in [2.05, 4.69) is 10.5 Å². The number of hydrogen-bond acceptors (Lipinski definition) is 3. The second kappa shape index (κ2) is 6.06. The van der Waals surface area contributed by atoms with E-state index in [9.17, 15) is 4.79 Å². The van der Waals surface area contributed by atoms with Gasteiger partial charge in [-0.3, -0.25) is 10.2 Å². The van der Waals surface area contributed by atoms with Crippen molar-refractivity contribution in [1.82, 2.24) is 15.2 Å². The van der Waals surface area contributed by atoms with Crippen LogP contribution in [-0.4, -0.2) is 15.7 Å². The molecule has 1 amide bonds. The Balaban J connectivity index is 2.21. The number of nitrogens with two attached hydrogens (primary N) is 1. The second-order valence-electron chi connectivity index (χ2n) is 5.45. The molecule has 0 saturated carbocycles. The number of nitrogens with zero attached hydrogens (tertiary/aromatic N) is 2. The Labute approximate surface area is 134 Å². The van der Waals surface area contributed by atoms with Gasteiger partial charge in [-0.2, -0.15) is 5.10 Å². The maximum atomic E-state index is 11.9. The standard InChI is InChI=1S/C18H18N4O/c1-12-7-9-14(10-8-12)17-11-15(18(23)20-19)21-22(17)16-6-4-3-5-13(16)2/h3-11H,19H2,1-2H3,(H,20,23). The lowest BCUT2D eigenvalue weighted by atomic mass is 10.1. The molecule has 0 aliphatic rings. The molecule has 0 radical (unpaired) electrons. The van der Waals surface area contributed by atoms with Crippen molar-refractivity contribution in [3.63, 3.8) is 0 Å². The number of rotatable bonds is 3. The molecule has 3 N–H and O–H groups in total. The minimum absolute atomic E-state index is 0.284.